The van der Waals surface area contributed by atoms with Gasteiger partial charge >= 0.3 is 0 Å². The second-order valence-corrected chi connectivity index (χ2v) is 3.66. The quantitative estimate of drug-likeness (QED) is 0.438. The van der Waals surface area contributed by atoms with E-state index in [0.29, 0.717) is 0 Å². The fourth-order valence-electron chi connectivity index (χ4n) is 0.352. The fourth-order valence-corrected chi connectivity index (χ4v) is 2.04. The van der Waals surface area contributed by atoms with Gasteiger partial charge in [-0.1, -0.05) is 24.4 Å². The van der Waals surface area contributed by atoms with Crippen molar-refractivity contribution < 1.29 is 0 Å². The summed E-state index contributed by atoms with van der Waals surface area (Å²) in [7, 11) is 0. The van der Waals surface area contributed by atoms with E-state index in [1.165, 1.54) is 0 Å². The highest BCUT2D eigenvalue weighted by Gasteiger charge is 2.05. The maximum atomic E-state index is 4.85. The van der Waals surface area contributed by atoms with Crippen LogP contribution in [-0.2, 0) is 0 Å². The van der Waals surface area contributed by atoms with Gasteiger partial charge in [-0.3, -0.25) is 0 Å². The van der Waals surface area contributed by atoms with Crippen LogP contribution in [0.1, 0.15) is 0 Å². The number of thiol groups is 1. The van der Waals surface area contributed by atoms with Gasteiger partial charge in [0.2, 0.25) is 0 Å². The zero-order valence-corrected chi connectivity index (χ0v) is 8.33. The van der Waals surface area contributed by atoms with Gasteiger partial charge in [0.25, 0.3) is 0 Å². The molecule has 0 heterocycles. The Kier molecular flexibility index (Phi) is 2.06. The minimum atomic E-state index is 0.743. The van der Waals surface area contributed by atoms with Gasteiger partial charge in [0.05, 0.1) is 9.02 Å². The zero-order chi connectivity index (χ0) is 6.31. The van der Waals surface area contributed by atoms with Crippen molar-refractivity contribution in [3.05, 3.63) is 12.6 Å². The molecule has 0 atom stereocenters. The first-order valence-corrected chi connectivity index (χ1v) is 4.16. The Morgan fingerprint density at radius 1 is 1.25 bits per heavy atom. The molecule has 0 amide bonds. The van der Waals surface area contributed by atoms with E-state index in [1.54, 1.807) is 0 Å². The van der Waals surface area contributed by atoms with Gasteiger partial charge < -0.3 is 0 Å². The lowest BCUT2D eigenvalue weighted by Crippen LogP contribution is -1.84. The van der Waals surface area contributed by atoms with Gasteiger partial charge in [-0.25, -0.2) is 0 Å². The average molecular weight is 272 g/mol. The van der Waals surface area contributed by atoms with E-state index < -0.39 is 0 Å². The molecule has 4 heteroatoms. The van der Waals surface area contributed by atoms with Crippen LogP contribution >= 0.6 is 59.7 Å². The van der Waals surface area contributed by atoms with E-state index in [1.807, 2.05) is 0 Å². The van der Waals surface area contributed by atoms with Crippen LogP contribution in [0.2, 0.25) is 0 Å². The van der Waals surface area contributed by atoms with Crippen molar-refractivity contribution in [3.63, 3.8) is 0 Å². The molecule has 0 aliphatic rings. The van der Waals surface area contributed by atoms with Gasteiger partial charge in [0.1, 0.15) is 0 Å². The van der Waals surface area contributed by atoms with Crippen LogP contribution in [0.25, 0.3) is 0 Å². The van der Waals surface area contributed by atoms with E-state index in [2.05, 4.69) is 35.2 Å². The first-order chi connectivity index (χ1) is 3.64. The molecule has 42 valence electrons. The maximum absolute atomic E-state index is 4.85. The smallest absolute Gasteiger partial charge is 0.0714 e. The highest BCUT2D eigenvalue weighted by molar-refractivity contribution is 14.1. The lowest BCUT2D eigenvalue weighted by Gasteiger charge is -1.98. The molecule has 0 bridgehead atoms. The maximum Gasteiger partial charge on any atom is 0.0714 e. The number of hydrogen-bond acceptors (Lipinski definition) is 3. The highest BCUT2D eigenvalue weighted by Crippen LogP contribution is 2.25. The van der Waals surface area contributed by atoms with Crippen LogP contribution in [0.4, 0.5) is 0 Å². The first kappa shape index (κ1) is 7.11. The molecule has 1 aromatic carbocycles. The number of rotatable bonds is 0. The largest absolute Gasteiger partial charge is 0.141 e. The summed E-state index contributed by atoms with van der Waals surface area (Å²) in [4.78, 5) is 0.880. The summed E-state index contributed by atoms with van der Waals surface area (Å²) in [5.74, 6) is 0. The number of hydrogen-bond donors (Lipinski definition) is 1. The van der Waals surface area contributed by atoms with Crippen molar-refractivity contribution in [3.8, 4) is 0 Å². The summed E-state index contributed by atoms with van der Waals surface area (Å²) < 4.78 is 2.57. The minimum absolute atomic E-state index is 0.743. The van der Waals surface area contributed by atoms with E-state index in [4.69, 9.17) is 24.4 Å². The molecule has 0 aliphatic carbocycles. The average Bonchev–Trinajstić information content (AvgIpc) is 1.83. The zero-order valence-electron chi connectivity index (χ0n) is 3.64. The van der Waals surface area contributed by atoms with Crippen LogP contribution in [0.3, 0.4) is 0 Å². The van der Waals surface area contributed by atoms with Crippen molar-refractivity contribution in [2.24, 2.45) is 0 Å². The molecule has 0 spiro atoms. The summed E-state index contributed by atoms with van der Waals surface area (Å²) >= 11 is 15.9. The second-order valence-electron chi connectivity index (χ2n) is 1.32. The third kappa shape index (κ3) is 0.872. The molecule has 0 N–H and O–H groups in total. The Bertz CT molecular complexity index is 251. The van der Waals surface area contributed by atoms with E-state index >= 15 is 0 Å². The summed E-state index contributed by atoms with van der Waals surface area (Å²) in [5.41, 5.74) is 0. The first-order valence-electron chi connectivity index (χ1n) is 1.82. The van der Waals surface area contributed by atoms with E-state index in [0.717, 1.165) is 17.5 Å². The molecule has 0 saturated heterocycles. The molecule has 0 nitrogen and oxygen atoms in total. The molecule has 8 heavy (non-hydrogen) atoms. The lowest BCUT2D eigenvalue weighted by molar-refractivity contribution is 1.29. The third-order valence-corrected chi connectivity index (χ3v) is 4.24. The van der Waals surface area contributed by atoms with Crippen LogP contribution < -0.4 is 0 Å². The molecular formula is C4HIS3. The van der Waals surface area contributed by atoms with Gasteiger partial charge in [0, 0.05) is 8.47 Å². The van der Waals surface area contributed by atoms with Crippen molar-refractivity contribution in [1.82, 2.24) is 0 Å². The van der Waals surface area contributed by atoms with Crippen molar-refractivity contribution in [2.75, 3.05) is 0 Å². The normalized spacial score (nSPS) is 10.2. The molecule has 0 radical (unpaired) electrons. The van der Waals surface area contributed by atoms with Crippen LogP contribution in [0, 0.1) is 12.6 Å². The monoisotopic (exact) mass is 272 g/mol. The fraction of sp³-hybridized carbons (Fsp3) is 0. The molecule has 0 aromatic heterocycles. The third-order valence-electron chi connectivity index (χ3n) is 0.829. The highest BCUT2D eigenvalue weighted by atomic mass is 127. The standard InChI is InChI=1S/C4HIS3/c5-1-2(6)4(8)3(1)7/h6H. The van der Waals surface area contributed by atoms with Gasteiger partial charge in [-0.05, 0) is 22.6 Å². The van der Waals surface area contributed by atoms with Gasteiger partial charge in [0.15, 0.2) is 0 Å². The summed E-state index contributed by atoms with van der Waals surface area (Å²) in [6.45, 7) is 0. The summed E-state index contributed by atoms with van der Waals surface area (Å²) in [6.07, 6.45) is 0. The van der Waals surface area contributed by atoms with E-state index in [9.17, 15) is 0 Å². The molecular weight excluding hydrogens is 271 g/mol. The Hall–Kier alpha value is 1.000. The molecule has 0 unspecified atom stereocenters. The second kappa shape index (κ2) is 2.32. The molecule has 0 fully saturated rings. The number of halogens is 1. The summed E-state index contributed by atoms with van der Waals surface area (Å²) in [6, 6.07) is 0. The Morgan fingerprint density at radius 2 is 1.75 bits per heavy atom. The Balaban J connectivity index is 3.48. The minimum Gasteiger partial charge on any atom is -0.141 e. The molecule has 0 saturated carbocycles. The van der Waals surface area contributed by atoms with Gasteiger partial charge in [-0.2, -0.15) is 0 Å². The predicted molar refractivity (Wildman–Crippen MR) is 50.5 cm³/mol. The SMILES string of the molecule is S=c1c(S)c(I)c1=S. The van der Waals surface area contributed by atoms with Crippen molar-refractivity contribution in [1.29, 1.82) is 0 Å². The van der Waals surface area contributed by atoms with Crippen LogP contribution in [0.5, 0.6) is 0 Å². The molecule has 1 aromatic rings. The van der Waals surface area contributed by atoms with Crippen LogP contribution in [0.15, 0.2) is 4.90 Å². The Morgan fingerprint density at radius 3 is 1.88 bits per heavy atom. The van der Waals surface area contributed by atoms with Crippen LogP contribution in [-0.4, -0.2) is 0 Å². The van der Waals surface area contributed by atoms with Crippen molar-refractivity contribution in [2.45, 2.75) is 4.90 Å². The summed E-state index contributed by atoms with van der Waals surface area (Å²) in [5, 5.41) is 0. The Labute approximate surface area is 76.5 Å². The molecule has 0 aliphatic heterocycles. The predicted octanol–water partition coefficient (Wildman–Crippen LogP) is 2.91. The van der Waals surface area contributed by atoms with Crippen molar-refractivity contribution >= 4 is 59.7 Å². The van der Waals surface area contributed by atoms with E-state index in [-0.39, 0.29) is 0 Å². The topological polar surface area (TPSA) is 0 Å². The van der Waals surface area contributed by atoms with Gasteiger partial charge in [-0.15, -0.1) is 12.6 Å². The lowest BCUT2D eigenvalue weighted by atomic mass is 10.4. The molecule has 1 rings (SSSR count).